The van der Waals surface area contributed by atoms with Gasteiger partial charge in [0, 0.05) is 54.2 Å². The summed E-state index contributed by atoms with van der Waals surface area (Å²) in [5.74, 6) is 2.16. The Bertz CT molecular complexity index is 1400. The summed E-state index contributed by atoms with van der Waals surface area (Å²) in [6.45, 7) is 8.09. The molecule has 0 fully saturated rings. The second kappa shape index (κ2) is 11.5. The van der Waals surface area contributed by atoms with Crippen molar-refractivity contribution in [2.45, 2.75) is 26.2 Å². The highest BCUT2D eigenvalue weighted by molar-refractivity contribution is 6.16. The highest BCUT2D eigenvalue weighted by Gasteiger charge is 2.20. The van der Waals surface area contributed by atoms with Crippen LogP contribution in [0, 0.1) is 5.41 Å². The molecular formula is C29H37N9O. The van der Waals surface area contributed by atoms with Crippen LogP contribution in [0.2, 0.25) is 0 Å². The molecule has 39 heavy (non-hydrogen) atoms. The molecule has 204 valence electrons. The Kier molecular flexibility index (Phi) is 8.15. The Morgan fingerprint density at radius 3 is 2.15 bits per heavy atom. The maximum atomic E-state index is 8.89. The highest BCUT2D eigenvalue weighted by atomic mass is 16.5. The summed E-state index contributed by atoms with van der Waals surface area (Å²) in [6.07, 6.45) is 1.39. The zero-order valence-electron chi connectivity index (χ0n) is 23.4. The van der Waals surface area contributed by atoms with Gasteiger partial charge in [-0.25, -0.2) is 9.97 Å². The maximum absolute atomic E-state index is 8.89. The molecule has 0 aliphatic heterocycles. The first-order chi connectivity index (χ1) is 18.5. The summed E-state index contributed by atoms with van der Waals surface area (Å²) in [4.78, 5) is 12.9. The van der Waals surface area contributed by atoms with Crippen molar-refractivity contribution in [3.05, 3.63) is 77.8 Å². The lowest BCUT2D eigenvalue weighted by Gasteiger charge is -2.22. The van der Waals surface area contributed by atoms with Crippen LogP contribution in [0.1, 0.15) is 37.7 Å². The predicted molar refractivity (Wildman–Crippen MR) is 159 cm³/mol. The fourth-order valence-electron chi connectivity index (χ4n) is 3.86. The van der Waals surface area contributed by atoms with Crippen molar-refractivity contribution >= 4 is 40.2 Å². The molecular weight excluding hydrogens is 490 g/mol. The van der Waals surface area contributed by atoms with Crippen LogP contribution in [0.5, 0.6) is 0 Å². The average molecular weight is 528 g/mol. The third-order valence-electron chi connectivity index (χ3n) is 6.28. The first kappa shape index (κ1) is 27.6. The molecule has 5 N–H and O–H groups in total. The minimum Gasteiger partial charge on any atom is -0.383 e. The van der Waals surface area contributed by atoms with Crippen LogP contribution in [-0.4, -0.2) is 60.0 Å². The summed E-state index contributed by atoms with van der Waals surface area (Å²) in [7, 11) is 6.18. The minimum absolute atomic E-state index is 0.115. The molecule has 0 bridgehead atoms. The van der Waals surface area contributed by atoms with E-state index in [2.05, 4.69) is 77.5 Å². The minimum atomic E-state index is -0.115. The van der Waals surface area contributed by atoms with Crippen LogP contribution in [-0.2, 0) is 5.41 Å². The van der Waals surface area contributed by atoms with E-state index in [1.807, 2.05) is 54.6 Å². The van der Waals surface area contributed by atoms with Gasteiger partial charge in [-0.1, -0.05) is 38.1 Å². The van der Waals surface area contributed by atoms with E-state index in [9.17, 15) is 0 Å². The van der Waals surface area contributed by atoms with E-state index < -0.39 is 0 Å². The first-order valence-corrected chi connectivity index (χ1v) is 12.8. The predicted octanol–water partition coefficient (Wildman–Crippen LogP) is 5.25. The number of nitrogen functional groups attached to an aromatic ring is 1. The zero-order chi connectivity index (χ0) is 28.2. The van der Waals surface area contributed by atoms with Gasteiger partial charge in [-0.3, -0.25) is 5.41 Å². The van der Waals surface area contributed by atoms with E-state index in [0.717, 1.165) is 41.5 Å². The van der Waals surface area contributed by atoms with Crippen molar-refractivity contribution < 1.29 is 4.52 Å². The van der Waals surface area contributed by atoms with Gasteiger partial charge < -0.3 is 30.7 Å². The monoisotopic (exact) mass is 527 g/mol. The smallest absolute Gasteiger partial charge is 0.174 e. The Morgan fingerprint density at radius 2 is 1.56 bits per heavy atom. The van der Waals surface area contributed by atoms with Crippen molar-refractivity contribution in [1.29, 1.82) is 5.41 Å². The van der Waals surface area contributed by atoms with Crippen molar-refractivity contribution in [3.8, 4) is 0 Å². The van der Waals surface area contributed by atoms with E-state index in [1.54, 1.807) is 0 Å². The third-order valence-corrected chi connectivity index (χ3v) is 6.28. The zero-order valence-corrected chi connectivity index (χ0v) is 23.4. The van der Waals surface area contributed by atoms with Crippen LogP contribution in [0.15, 0.2) is 65.4 Å². The molecule has 0 atom stereocenters. The molecule has 2 aromatic heterocycles. The van der Waals surface area contributed by atoms with E-state index in [4.69, 9.17) is 15.7 Å². The van der Waals surface area contributed by atoms with Crippen LogP contribution in [0.25, 0.3) is 0 Å². The summed E-state index contributed by atoms with van der Waals surface area (Å²) < 4.78 is 5.45. The third kappa shape index (κ3) is 6.91. The molecule has 10 heteroatoms. The number of anilines is 6. The van der Waals surface area contributed by atoms with Gasteiger partial charge in [-0.15, -0.1) is 0 Å². The Hall–Kier alpha value is -4.44. The van der Waals surface area contributed by atoms with Crippen molar-refractivity contribution in [2.24, 2.45) is 0 Å². The molecule has 0 aliphatic rings. The van der Waals surface area contributed by atoms with Crippen molar-refractivity contribution in [3.63, 3.8) is 0 Å². The van der Waals surface area contributed by atoms with E-state index in [0.29, 0.717) is 17.2 Å². The molecule has 0 aliphatic carbocycles. The van der Waals surface area contributed by atoms with E-state index >= 15 is 0 Å². The topological polar surface area (TPSA) is 132 Å². The van der Waals surface area contributed by atoms with Gasteiger partial charge in [0.05, 0.1) is 11.3 Å². The van der Waals surface area contributed by atoms with Crippen LogP contribution in [0.3, 0.4) is 0 Å². The van der Waals surface area contributed by atoms with Gasteiger partial charge in [0.25, 0.3) is 0 Å². The maximum Gasteiger partial charge on any atom is 0.174 e. The Balaban J connectivity index is 1.48. The second-order valence-corrected chi connectivity index (χ2v) is 10.8. The molecule has 4 aromatic rings. The standard InChI is InChI=1S/C29H37N9O/c1-29(2,3)23-17-24(36-39-23)34-20-9-11-21(12-10-20)35-28-25(27(31)32-18-33-28)26(30)19-7-13-22(14-8-19)38(6)16-15-37(4)5/h7-14,17-18,30H,15-16H2,1-6H3,(H,34,36)(H3,31,32,33,35). The number of aromatic nitrogens is 3. The molecule has 0 spiro atoms. The molecule has 0 amide bonds. The molecule has 0 unspecified atom stereocenters. The van der Waals surface area contributed by atoms with Gasteiger partial charge in [0.1, 0.15) is 23.7 Å². The second-order valence-electron chi connectivity index (χ2n) is 10.8. The van der Waals surface area contributed by atoms with Gasteiger partial charge in [-0.05, 0) is 50.5 Å². The van der Waals surface area contributed by atoms with Crippen LogP contribution >= 0.6 is 0 Å². The number of hydrogen-bond acceptors (Lipinski definition) is 10. The van der Waals surface area contributed by atoms with Gasteiger partial charge in [-0.2, -0.15) is 0 Å². The Morgan fingerprint density at radius 1 is 0.923 bits per heavy atom. The van der Waals surface area contributed by atoms with E-state index in [1.165, 1.54) is 6.33 Å². The van der Waals surface area contributed by atoms with Crippen molar-refractivity contribution in [2.75, 3.05) is 55.5 Å². The van der Waals surface area contributed by atoms with Crippen LogP contribution < -0.4 is 21.3 Å². The first-order valence-electron chi connectivity index (χ1n) is 12.8. The van der Waals surface area contributed by atoms with Crippen molar-refractivity contribution in [1.82, 2.24) is 20.0 Å². The number of rotatable bonds is 10. The molecule has 0 saturated heterocycles. The normalized spacial score (nSPS) is 11.5. The number of nitrogens with one attached hydrogen (secondary N) is 3. The van der Waals surface area contributed by atoms with Gasteiger partial charge >= 0.3 is 0 Å². The van der Waals surface area contributed by atoms with Crippen LogP contribution in [0.4, 0.5) is 34.5 Å². The number of nitrogens with two attached hydrogens (primary N) is 1. The lowest BCUT2D eigenvalue weighted by atomic mass is 9.93. The lowest BCUT2D eigenvalue weighted by molar-refractivity contribution is 0.331. The van der Waals surface area contributed by atoms with E-state index in [-0.39, 0.29) is 16.9 Å². The number of benzene rings is 2. The molecule has 2 aromatic carbocycles. The molecule has 4 rings (SSSR count). The average Bonchev–Trinajstić information content (AvgIpc) is 3.37. The number of nitrogens with zero attached hydrogens (tertiary/aromatic N) is 5. The van der Waals surface area contributed by atoms with Gasteiger partial charge in [0.2, 0.25) is 0 Å². The largest absolute Gasteiger partial charge is 0.383 e. The summed E-state index contributed by atoms with van der Waals surface area (Å²) in [5, 5.41) is 19.5. The summed E-state index contributed by atoms with van der Waals surface area (Å²) >= 11 is 0. The van der Waals surface area contributed by atoms with Gasteiger partial charge in [0.15, 0.2) is 5.82 Å². The lowest BCUT2D eigenvalue weighted by Crippen LogP contribution is -2.28. The highest BCUT2D eigenvalue weighted by Crippen LogP contribution is 2.28. The Labute approximate surface area is 229 Å². The summed E-state index contributed by atoms with van der Waals surface area (Å²) in [5.41, 5.74) is 10.3. The molecule has 10 nitrogen and oxygen atoms in total. The quantitative estimate of drug-likeness (QED) is 0.204. The number of likely N-dealkylation sites (N-methyl/N-ethyl adjacent to an activating group) is 2. The molecule has 2 heterocycles. The number of hydrogen-bond donors (Lipinski definition) is 4. The fraction of sp³-hybridized carbons (Fsp3) is 0.310. The molecule has 0 radical (unpaired) electrons. The fourth-order valence-corrected chi connectivity index (χ4v) is 3.86. The summed E-state index contributed by atoms with van der Waals surface area (Å²) in [6, 6.07) is 17.5. The molecule has 0 saturated carbocycles. The SMILES string of the molecule is CN(C)CCN(C)c1ccc(C(=N)c2c(N)ncnc2Nc2ccc(Nc3cc(C(C)(C)C)on3)cc2)cc1.